The number of pyridine rings is 1. The maximum absolute atomic E-state index is 15.0. The highest BCUT2D eigenvalue weighted by Gasteiger charge is 2.40. The monoisotopic (exact) mass is 457 g/mol. The van der Waals surface area contributed by atoms with Crippen molar-refractivity contribution >= 4 is 28.5 Å². The zero-order valence-electron chi connectivity index (χ0n) is 17.6. The maximum Gasteiger partial charge on any atom is 0.274 e. The minimum atomic E-state index is -0.758. The Labute approximate surface area is 187 Å². The molecule has 3 aromatic rings. The number of hydrogen-bond donors (Lipinski definition) is 2. The van der Waals surface area contributed by atoms with Gasteiger partial charge in [-0.05, 0) is 57.5 Å². The first-order valence-electron chi connectivity index (χ1n) is 9.84. The molecule has 0 spiro atoms. The number of halogens is 2. The van der Waals surface area contributed by atoms with Crippen LogP contribution in [-0.2, 0) is 4.75 Å². The third-order valence-corrected chi connectivity index (χ3v) is 6.52. The third kappa shape index (κ3) is 4.22. The summed E-state index contributed by atoms with van der Waals surface area (Å²) in [6.45, 7) is 5.52. The minimum Gasteiger partial charge on any atom is -0.378 e. The number of amidine groups is 1. The average Bonchev–Trinajstić information content (AvgIpc) is 3.07. The van der Waals surface area contributed by atoms with Gasteiger partial charge in [0.05, 0.1) is 22.7 Å². The van der Waals surface area contributed by atoms with Crippen LogP contribution in [0.2, 0.25) is 0 Å². The largest absolute Gasteiger partial charge is 0.378 e. The number of amides is 1. The highest BCUT2D eigenvalue weighted by atomic mass is 32.2. The molecule has 32 heavy (non-hydrogen) atoms. The number of nitrogens with two attached hydrogens (primary N) is 1. The van der Waals surface area contributed by atoms with Crippen LogP contribution < -0.4 is 11.1 Å². The molecule has 0 saturated carbocycles. The van der Waals surface area contributed by atoms with E-state index >= 15 is 0 Å². The quantitative estimate of drug-likeness (QED) is 0.592. The average molecular weight is 458 g/mol. The second kappa shape index (κ2) is 8.34. The molecule has 4 rings (SSSR count). The lowest BCUT2D eigenvalue weighted by Gasteiger charge is -2.36. The second-order valence-corrected chi connectivity index (χ2v) is 9.29. The van der Waals surface area contributed by atoms with Gasteiger partial charge in [-0.15, -0.1) is 0 Å². The summed E-state index contributed by atoms with van der Waals surface area (Å²) in [7, 11) is 0. The first-order chi connectivity index (χ1) is 15.2. The first kappa shape index (κ1) is 21.9. The fourth-order valence-electron chi connectivity index (χ4n) is 3.88. The number of aromatic nitrogens is 2. The summed E-state index contributed by atoms with van der Waals surface area (Å²) in [5, 5.41) is 7.00. The highest BCUT2D eigenvalue weighted by molar-refractivity contribution is 8.14. The lowest BCUT2D eigenvalue weighted by Crippen LogP contribution is -2.31. The van der Waals surface area contributed by atoms with E-state index in [-0.39, 0.29) is 11.7 Å². The van der Waals surface area contributed by atoms with E-state index < -0.39 is 22.3 Å². The predicted molar refractivity (Wildman–Crippen MR) is 118 cm³/mol. The molecular weight excluding hydrogens is 436 g/mol. The smallest absolute Gasteiger partial charge is 0.274 e. The molecular formula is C22H21F2N5O2S. The van der Waals surface area contributed by atoms with E-state index in [1.807, 2.05) is 13.8 Å². The van der Waals surface area contributed by atoms with E-state index in [1.165, 1.54) is 30.0 Å². The summed E-state index contributed by atoms with van der Waals surface area (Å²) in [4.78, 5) is 20.8. The van der Waals surface area contributed by atoms with E-state index in [4.69, 9.17) is 10.3 Å². The Morgan fingerprint density at radius 1 is 1.28 bits per heavy atom. The van der Waals surface area contributed by atoms with Gasteiger partial charge >= 0.3 is 0 Å². The molecule has 0 radical (unpaired) electrons. The van der Waals surface area contributed by atoms with Crippen molar-refractivity contribution in [1.82, 2.24) is 10.1 Å². The number of benzene rings is 1. The topological polar surface area (TPSA) is 106 Å². The van der Waals surface area contributed by atoms with Gasteiger partial charge in [0.15, 0.2) is 5.17 Å². The molecule has 0 aliphatic carbocycles. The lowest BCUT2D eigenvalue weighted by atomic mass is 9.88. The molecule has 166 valence electrons. The normalized spacial score (nSPS) is 20.7. The SMILES string of the molecule is Cc1noc(C)c1[C@@H]1C[C@@](C)(c2cc(NC(=O)c3ccc(F)cn3)ccc2F)SC(N)=N1. The molecule has 0 saturated heterocycles. The molecule has 2 aromatic heterocycles. The van der Waals surface area contributed by atoms with Crippen LogP contribution in [0.5, 0.6) is 0 Å². The molecule has 1 aromatic carbocycles. The molecule has 0 unspecified atom stereocenters. The van der Waals surface area contributed by atoms with Crippen LogP contribution in [0.4, 0.5) is 14.5 Å². The molecule has 10 heteroatoms. The fraction of sp³-hybridized carbons (Fsp3) is 0.273. The molecule has 3 N–H and O–H groups in total. The molecule has 0 fully saturated rings. The first-order valence-corrected chi connectivity index (χ1v) is 10.7. The molecule has 2 atom stereocenters. The number of aryl methyl sites for hydroxylation is 2. The van der Waals surface area contributed by atoms with Crippen LogP contribution in [0.15, 0.2) is 46.0 Å². The van der Waals surface area contributed by atoms with Gasteiger partial charge in [-0.3, -0.25) is 9.79 Å². The number of hydrogen-bond acceptors (Lipinski definition) is 7. The van der Waals surface area contributed by atoms with Crippen LogP contribution in [0.25, 0.3) is 0 Å². The zero-order valence-corrected chi connectivity index (χ0v) is 18.5. The number of carbonyl (C=O) groups excluding carboxylic acids is 1. The Kier molecular flexibility index (Phi) is 5.72. The Hall–Kier alpha value is -3.27. The summed E-state index contributed by atoms with van der Waals surface area (Å²) in [5.74, 6) is -0.852. The van der Waals surface area contributed by atoms with Crippen LogP contribution >= 0.6 is 11.8 Å². The fourth-order valence-corrected chi connectivity index (χ4v) is 5.03. The Balaban J connectivity index is 1.64. The summed E-state index contributed by atoms with van der Waals surface area (Å²) in [6, 6.07) is 6.41. The number of aliphatic imine (C=N–C) groups is 1. The molecule has 1 amide bonds. The number of nitrogens with one attached hydrogen (secondary N) is 1. The van der Waals surface area contributed by atoms with E-state index in [9.17, 15) is 13.6 Å². The number of carbonyl (C=O) groups is 1. The van der Waals surface area contributed by atoms with Gasteiger partial charge in [0.25, 0.3) is 5.91 Å². The van der Waals surface area contributed by atoms with E-state index in [0.29, 0.717) is 34.3 Å². The lowest BCUT2D eigenvalue weighted by molar-refractivity contribution is 0.102. The Morgan fingerprint density at radius 3 is 2.72 bits per heavy atom. The van der Waals surface area contributed by atoms with E-state index in [1.54, 1.807) is 13.0 Å². The zero-order chi connectivity index (χ0) is 23.0. The van der Waals surface area contributed by atoms with Crippen LogP contribution in [-0.4, -0.2) is 21.2 Å². The summed E-state index contributed by atoms with van der Waals surface area (Å²) in [6.07, 6.45) is 1.41. The number of thioether (sulfide) groups is 1. The van der Waals surface area contributed by atoms with E-state index in [2.05, 4.69) is 20.4 Å². The van der Waals surface area contributed by atoms with Crippen molar-refractivity contribution in [2.24, 2.45) is 10.7 Å². The van der Waals surface area contributed by atoms with Crippen LogP contribution in [0, 0.1) is 25.5 Å². The van der Waals surface area contributed by atoms with Crippen molar-refractivity contribution < 1.29 is 18.1 Å². The van der Waals surface area contributed by atoms with Crippen LogP contribution in [0.1, 0.15) is 52.5 Å². The number of nitrogens with zero attached hydrogens (tertiary/aromatic N) is 3. The molecule has 0 bridgehead atoms. The molecule has 3 heterocycles. The van der Waals surface area contributed by atoms with Crippen molar-refractivity contribution in [1.29, 1.82) is 0 Å². The molecule has 1 aliphatic rings. The second-order valence-electron chi connectivity index (χ2n) is 7.77. The summed E-state index contributed by atoms with van der Waals surface area (Å²) >= 11 is 1.26. The van der Waals surface area contributed by atoms with Gasteiger partial charge in [0, 0.05) is 16.8 Å². The van der Waals surface area contributed by atoms with Crippen molar-refractivity contribution in [3.63, 3.8) is 0 Å². The van der Waals surface area contributed by atoms with Gasteiger partial charge in [0.2, 0.25) is 0 Å². The van der Waals surface area contributed by atoms with Gasteiger partial charge in [-0.1, -0.05) is 16.9 Å². The van der Waals surface area contributed by atoms with Gasteiger partial charge in [-0.2, -0.15) is 0 Å². The van der Waals surface area contributed by atoms with Crippen molar-refractivity contribution in [2.75, 3.05) is 5.32 Å². The van der Waals surface area contributed by atoms with Gasteiger partial charge in [0.1, 0.15) is 23.1 Å². The molecule has 7 nitrogen and oxygen atoms in total. The predicted octanol–water partition coefficient (Wildman–Crippen LogP) is 4.63. The molecule has 1 aliphatic heterocycles. The van der Waals surface area contributed by atoms with Crippen molar-refractivity contribution in [3.8, 4) is 0 Å². The van der Waals surface area contributed by atoms with Gasteiger partial charge < -0.3 is 15.6 Å². The Morgan fingerprint density at radius 2 is 2.06 bits per heavy atom. The minimum absolute atomic E-state index is 0.0466. The van der Waals surface area contributed by atoms with Gasteiger partial charge in [-0.25, -0.2) is 13.8 Å². The highest BCUT2D eigenvalue weighted by Crippen LogP contribution is 2.50. The standard InChI is InChI=1S/C22H21F2N5O2S/c1-11-19(12(2)31-29-11)18-9-22(3,32-21(25)28-18)15-8-14(5-6-16(15)24)27-20(30)17-7-4-13(23)10-26-17/h4-8,10,18H,9H2,1-3H3,(H2,25,28)(H,27,30)/t18-,22-/m0/s1. The summed E-state index contributed by atoms with van der Waals surface area (Å²) < 4.78 is 32.6. The third-order valence-electron chi connectivity index (χ3n) is 5.37. The summed E-state index contributed by atoms with van der Waals surface area (Å²) in [5.41, 5.74) is 8.49. The Bertz CT molecular complexity index is 1190. The van der Waals surface area contributed by atoms with E-state index in [0.717, 1.165) is 17.8 Å². The van der Waals surface area contributed by atoms with Crippen LogP contribution in [0.3, 0.4) is 0 Å². The van der Waals surface area contributed by atoms with Crippen molar-refractivity contribution in [2.45, 2.75) is 38.0 Å². The number of anilines is 1. The maximum atomic E-state index is 15.0. The van der Waals surface area contributed by atoms with Crippen molar-refractivity contribution in [3.05, 3.63) is 76.4 Å². The number of rotatable bonds is 4.